The third-order valence-corrected chi connectivity index (χ3v) is 8.45. The van der Waals surface area contributed by atoms with Crippen molar-refractivity contribution in [1.29, 1.82) is 0 Å². The molecule has 0 aromatic heterocycles. The van der Waals surface area contributed by atoms with Crippen LogP contribution < -0.4 is 0 Å². The summed E-state index contributed by atoms with van der Waals surface area (Å²) in [7, 11) is 0. The molecule has 0 aromatic rings. The highest BCUT2D eigenvalue weighted by atomic mass is 16.7. The van der Waals surface area contributed by atoms with Crippen LogP contribution in [0.25, 0.3) is 0 Å². The van der Waals surface area contributed by atoms with Crippen molar-refractivity contribution in [1.82, 2.24) is 0 Å². The number of aliphatic hydroxyl groups excluding tert-OH is 7. The summed E-state index contributed by atoms with van der Waals surface area (Å²) in [5.41, 5.74) is 0. The number of carboxylic acid groups (broad SMARTS) is 1. The fraction of sp³-hybridized carbons (Fsp3) is 0.840. The fourth-order valence-electron chi connectivity index (χ4n) is 6.23. The summed E-state index contributed by atoms with van der Waals surface area (Å²) in [4.78, 5) is 44.9. The van der Waals surface area contributed by atoms with E-state index in [-0.39, 0.29) is 25.2 Å². The van der Waals surface area contributed by atoms with Crippen LogP contribution in [-0.2, 0) is 38.1 Å². The van der Waals surface area contributed by atoms with Crippen molar-refractivity contribution < 1.29 is 83.7 Å². The second-order valence-electron chi connectivity index (χ2n) is 11.3. The molecular formula is C25H37O17+. The van der Waals surface area contributed by atoms with Crippen LogP contribution in [0.4, 0.5) is 0 Å². The molecule has 42 heavy (non-hydrogen) atoms. The molecule has 4 aliphatic rings. The number of carbonyl (C=O) groups is 4. The van der Waals surface area contributed by atoms with Gasteiger partial charge in [0.25, 0.3) is 0 Å². The van der Waals surface area contributed by atoms with Crippen molar-refractivity contribution in [3.8, 4) is 0 Å². The number of carboxylic acids is 1. The molecule has 2 heterocycles. The smallest absolute Gasteiger partial charge is 0.425 e. The zero-order chi connectivity index (χ0) is 30.9. The van der Waals surface area contributed by atoms with Crippen molar-refractivity contribution in [2.45, 2.75) is 112 Å². The first-order chi connectivity index (χ1) is 19.8. The van der Waals surface area contributed by atoms with Gasteiger partial charge in [0.05, 0.1) is 30.3 Å². The normalized spacial score (nSPS) is 44.0. The van der Waals surface area contributed by atoms with Crippen LogP contribution in [0.1, 0.15) is 38.5 Å². The first kappa shape index (κ1) is 32.6. The lowest BCUT2D eigenvalue weighted by atomic mass is 9.72. The minimum Gasteiger partial charge on any atom is -0.473 e. The van der Waals surface area contributed by atoms with Gasteiger partial charge in [-0.05, 0) is 25.7 Å². The standard InChI is InChI=1S/C25H36O17/c26-9-4-12(28)10-6-15(20(39-14(10)5-9)8-1-2-11(27)13(29)3-8)40-25-19(32)18(31)17(30)16(41-25)7-38-23(36)24(37)42-22(35)21(33)34/h8-20,25-32H,1-7H2,(H,33,34)/p+1/t8?,9?,10?,11?,12?,13?,14?,15?,16-,17-,18+,19-,20?,25-/m0/s1. The predicted octanol–water partition coefficient (Wildman–Crippen LogP) is -4.80. The number of aliphatic hydroxyl groups is 9. The number of esters is 3. The maximum Gasteiger partial charge on any atom is 0.425 e. The highest BCUT2D eigenvalue weighted by molar-refractivity contribution is 6.38. The molecule has 0 amide bonds. The lowest BCUT2D eigenvalue weighted by molar-refractivity contribution is -0.356. The van der Waals surface area contributed by atoms with E-state index in [0.717, 1.165) is 0 Å². The van der Waals surface area contributed by atoms with Gasteiger partial charge in [-0.1, -0.05) is 0 Å². The molecule has 0 radical (unpaired) electrons. The van der Waals surface area contributed by atoms with Crippen molar-refractivity contribution in [3.05, 3.63) is 0 Å². The summed E-state index contributed by atoms with van der Waals surface area (Å²) < 4.78 is 24.9. The lowest BCUT2D eigenvalue weighted by Crippen LogP contribution is -2.63. The Labute approximate surface area is 238 Å². The average molecular weight is 610 g/mol. The SMILES string of the molecule is O=C(O)C(=O)OC(=O)C(=O)OC[C@@H]1O[C@H](OC2CC3C(O)CC(O)CC3[OH+]C2C2CCC(O)C(O)C2)[C@@H](O)[C@H](O)[C@H]1O. The Morgan fingerprint density at radius 2 is 1.48 bits per heavy atom. The van der Waals surface area contributed by atoms with E-state index in [0.29, 0.717) is 19.3 Å². The zero-order valence-electron chi connectivity index (χ0n) is 22.3. The van der Waals surface area contributed by atoms with E-state index in [2.05, 4.69) is 9.47 Å². The zero-order valence-corrected chi connectivity index (χ0v) is 22.3. The number of carbonyl (C=O) groups excluding carboxylic acids is 3. The number of ether oxygens (including phenoxy) is 5. The largest absolute Gasteiger partial charge is 0.473 e. The van der Waals surface area contributed by atoms with Crippen LogP contribution in [0.3, 0.4) is 0 Å². The number of hydrogen-bond donors (Lipinski definition) is 8. The van der Waals surface area contributed by atoms with Gasteiger partial charge in [-0.15, -0.1) is 0 Å². The van der Waals surface area contributed by atoms with E-state index in [1.165, 1.54) is 0 Å². The van der Waals surface area contributed by atoms with E-state index >= 15 is 0 Å². The number of fused-ring (bicyclic) bond motifs is 1. The average Bonchev–Trinajstić information content (AvgIpc) is 2.93. The van der Waals surface area contributed by atoms with E-state index in [1.54, 1.807) is 0 Å². The van der Waals surface area contributed by atoms with Crippen molar-refractivity contribution in [2.75, 3.05) is 6.61 Å². The summed E-state index contributed by atoms with van der Waals surface area (Å²) in [5, 5.41) is 81.1. The van der Waals surface area contributed by atoms with Crippen molar-refractivity contribution in [2.24, 2.45) is 11.8 Å². The molecule has 0 bridgehead atoms. The van der Waals surface area contributed by atoms with E-state index < -0.39 is 110 Å². The minimum atomic E-state index is -2.13. The summed E-state index contributed by atoms with van der Waals surface area (Å²) in [6.45, 7) is -0.896. The van der Waals surface area contributed by atoms with Gasteiger partial charge in [0.15, 0.2) is 18.5 Å². The molecule has 9 N–H and O–H groups in total. The number of aliphatic carboxylic acids is 1. The highest BCUT2D eigenvalue weighted by Crippen LogP contribution is 2.42. The summed E-state index contributed by atoms with van der Waals surface area (Å²) in [6.07, 6.45) is -12.6. The molecule has 4 rings (SSSR count). The Bertz CT molecular complexity index is 1010. The van der Waals surface area contributed by atoms with Crippen LogP contribution in [0.2, 0.25) is 0 Å². The van der Waals surface area contributed by atoms with Crippen LogP contribution in [0.15, 0.2) is 0 Å². The summed E-state index contributed by atoms with van der Waals surface area (Å²) in [5.74, 6) is -8.58. The minimum absolute atomic E-state index is 0.129. The first-order valence-corrected chi connectivity index (χ1v) is 13.7. The quantitative estimate of drug-likeness (QED) is 0.0628. The lowest BCUT2D eigenvalue weighted by Gasteiger charge is -2.48. The molecule has 9 unspecified atom stereocenters. The molecule has 2 aliphatic carbocycles. The van der Waals surface area contributed by atoms with Gasteiger partial charge in [0.2, 0.25) is 0 Å². The maximum atomic E-state index is 11.8. The molecular weight excluding hydrogens is 572 g/mol. The van der Waals surface area contributed by atoms with E-state index in [1.807, 2.05) is 0 Å². The Hall–Kier alpha value is -2.32. The van der Waals surface area contributed by atoms with Crippen LogP contribution >= 0.6 is 0 Å². The molecule has 17 heteroatoms. The summed E-state index contributed by atoms with van der Waals surface area (Å²) in [6, 6.07) is 0. The first-order valence-electron chi connectivity index (χ1n) is 13.7. The summed E-state index contributed by atoms with van der Waals surface area (Å²) >= 11 is 0. The van der Waals surface area contributed by atoms with E-state index in [4.69, 9.17) is 19.3 Å². The Morgan fingerprint density at radius 1 is 0.762 bits per heavy atom. The van der Waals surface area contributed by atoms with Gasteiger partial charge in [0.1, 0.15) is 37.1 Å². The molecule has 2 aliphatic heterocycles. The number of rotatable bonds is 5. The predicted molar refractivity (Wildman–Crippen MR) is 130 cm³/mol. The second-order valence-corrected chi connectivity index (χ2v) is 11.3. The molecule has 0 spiro atoms. The maximum absolute atomic E-state index is 11.8. The molecule has 2 saturated carbocycles. The monoisotopic (exact) mass is 609 g/mol. The van der Waals surface area contributed by atoms with E-state index in [9.17, 15) is 54.9 Å². The fourth-order valence-corrected chi connectivity index (χ4v) is 6.23. The Morgan fingerprint density at radius 3 is 2.14 bits per heavy atom. The molecule has 4 fully saturated rings. The number of hydrogen-bond acceptors (Lipinski definition) is 15. The van der Waals surface area contributed by atoms with Gasteiger partial charge in [-0.2, -0.15) is 0 Å². The van der Waals surface area contributed by atoms with Crippen molar-refractivity contribution >= 4 is 23.9 Å². The van der Waals surface area contributed by atoms with Gasteiger partial charge in [0, 0.05) is 18.8 Å². The third-order valence-electron chi connectivity index (χ3n) is 8.45. The second kappa shape index (κ2) is 13.5. The molecule has 14 atom stereocenters. The molecule has 2 saturated heterocycles. The Kier molecular flexibility index (Phi) is 10.5. The van der Waals surface area contributed by atoms with Crippen LogP contribution in [0, 0.1) is 11.8 Å². The Balaban J connectivity index is 1.46. The molecule has 17 nitrogen and oxygen atoms in total. The van der Waals surface area contributed by atoms with Gasteiger partial charge < -0.3 is 64.5 Å². The van der Waals surface area contributed by atoms with Crippen LogP contribution in [0.5, 0.6) is 0 Å². The topological polar surface area (TPSA) is 280 Å². The molecule has 0 aromatic carbocycles. The van der Waals surface area contributed by atoms with Crippen molar-refractivity contribution in [3.63, 3.8) is 0 Å². The van der Waals surface area contributed by atoms with Gasteiger partial charge in [-0.3, -0.25) is 0 Å². The van der Waals surface area contributed by atoms with Gasteiger partial charge in [-0.25, -0.2) is 19.2 Å². The third kappa shape index (κ3) is 7.24. The van der Waals surface area contributed by atoms with Gasteiger partial charge >= 0.3 is 23.9 Å². The highest BCUT2D eigenvalue weighted by Gasteiger charge is 2.55. The van der Waals surface area contributed by atoms with Crippen LogP contribution in [-0.4, -0.2) is 150 Å². The molecule has 238 valence electrons.